The van der Waals surface area contributed by atoms with Gasteiger partial charge >= 0.3 is 0 Å². The van der Waals surface area contributed by atoms with Crippen LogP contribution in [0.15, 0.2) is 59.2 Å². The van der Waals surface area contributed by atoms with Gasteiger partial charge in [0.05, 0.1) is 10.9 Å². The fraction of sp³-hybridized carbons (Fsp3) is 0.364. The zero-order chi connectivity index (χ0) is 19.8. The van der Waals surface area contributed by atoms with Crippen molar-refractivity contribution in [2.75, 3.05) is 24.5 Å². The smallest absolute Gasteiger partial charge is 0.272 e. The number of H-pyrrole nitrogens is 1. The molecule has 1 aliphatic carbocycles. The van der Waals surface area contributed by atoms with Gasteiger partial charge in [-0.1, -0.05) is 18.2 Å². The van der Waals surface area contributed by atoms with Crippen LogP contribution in [0.3, 0.4) is 0 Å². The Kier molecular flexibility index (Phi) is 4.30. The first-order valence-corrected chi connectivity index (χ1v) is 10.1. The summed E-state index contributed by atoms with van der Waals surface area (Å²) in [4.78, 5) is 34.3. The van der Waals surface area contributed by atoms with E-state index < -0.39 is 0 Å². The van der Waals surface area contributed by atoms with Crippen LogP contribution in [0.4, 0.5) is 5.82 Å². The molecule has 7 heteroatoms. The van der Waals surface area contributed by atoms with Crippen LogP contribution in [0.25, 0.3) is 11.0 Å². The van der Waals surface area contributed by atoms with Crippen molar-refractivity contribution < 1.29 is 4.79 Å². The van der Waals surface area contributed by atoms with E-state index in [-0.39, 0.29) is 11.4 Å². The lowest BCUT2D eigenvalue weighted by atomic mass is 10.1. The van der Waals surface area contributed by atoms with E-state index in [1.807, 2.05) is 43.5 Å². The molecule has 2 fully saturated rings. The average molecular weight is 388 g/mol. The van der Waals surface area contributed by atoms with Crippen LogP contribution in [0.2, 0.25) is 0 Å². The highest BCUT2D eigenvalue weighted by molar-refractivity contribution is 5.97. The number of nitrogens with zero attached hydrogens (tertiary/aromatic N) is 5. The number of fused-ring (bicyclic) bond motifs is 1. The molecule has 2 aliphatic heterocycles. The molecule has 1 spiro atoms. The van der Waals surface area contributed by atoms with Crippen LogP contribution >= 0.6 is 0 Å². The molecule has 148 valence electrons. The molecule has 2 aromatic heterocycles. The van der Waals surface area contributed by atoms with Crippen LogP contribution in [0, 0.1) is 0 Å². The number of aromatic nitrogens is 3. The standard InChI is InChI=1S/C22H24N6O/c1-16-5-2-3-6-18(24-13-16)21(29)28-12-4-11-27(14-22(28)8-9-22)20-17-7-10-23-19(17)25-15-26-20/h2-3,5-7,10,13,15H,4,8-9,11-12,14H2,1H3,(H,23,25,26)/b3-2+,5-2?,6-3?,16-5+,16-13?,18-6-,24-13-,24-18?. The van der Waals surface area contributed by atoms with Gasteiger partial charge in [-0.3, -0.25) is 9.79 Å². The van der Waals surface area contributed by atoms with E-state index in [1.54, 1.807) is 12.5 Å². The molecular formula is C22H24N6O. The third-order valence-electron chi connectivity index (χ3n) is 5.92. The van der Waals surface area contributed by atoms with E-state index in [0.717, 1.165) is 61.3 Å². The number of carbonyl (C=O) groups excluding carboxylic acids is 1. The summed E-state index contributed by atoms with van der Waals surface area (Å²) in [6.07, 6.45) is 15.8. The molecule has 1 saturated heterocycles. The number of carbonyl (C=O) groups is 1. The van der Waals surface area contributed by atoms with Crippen LogP contribution in [0.1, 0.15) is 26.2 Å². The summed E-state index contributed by atoms with van der Waals surface area (Å²) >= 11 is 0. The maximum absolute atomic E-state index is 13.4. The van der Waals surface area contributed by atoms with Crippen molar-refractivity contribution in [2.45, 2.75) is 31.7 Å². The van der Waals surface area contributed by atoms with Crippen molar-refractivity contribution in [3.63, 3.8) is 0 Å². The normalized spacial score (nSPS) is 26.7. The summed E-state index contributed by atoms with van der Waals surface area (Å²) in [6.45, 7) is 4.38. The van der Waals surface area contributed by atoms with Gasteiger partial charge in [0.1, 0.15) is 23.5 Å². The molecule has 1 saturated carbocycles. The summed E-state index contributed by atoms with van der Waals surface area (Å²) in [5.41, 5.74) is 2.25. The highest BCUT2D eigenvalue weighted by Crippen LogP contribution is 2.45. The molecule has 1 N–H and O–H groups in total. The minimum atomic E-state index is -0.130. The zero-order valence-corrected chi connectivity index (χ0v) is 16.5. The first kappa shape index (κ1) is 17.8. The number of aliphatic imine (C=N–C) groups is 1. The molecule has 29 heavy (non-hydrogen) atoms. The van der Waals surface area contributed by atoms with Gasteiger partial charge in [-0.25, -0.2) is 9.97 Å². The Balaban J connectivity index is 1.42. The maximum Gasteiger partial charge on any atom is 0.272 e. The maximum atomic E-state index is 13.4. The summed E-state index contributed by atoms with van der Waals surface area (Å²) in [5, 5.41) is 1.03. The fourth-order valence-electron chi connectivity index (χ4n) is 4.23. The number of amides is 1. The number of hydrogen-bond donors (Lipinski definition) is 1. The molecular weight excluding hydrogens is 364 g/mol. The average Bonchev–Trinajstić information content (AvgIpc) is 3.37. The molecule has 3 aliphatic rings. The van der Waals surface area contributed by atoms with E-state index in [0.29, 0.717) is 5.70 Å². The number of hydrogen-bond acceptors (Lipinski definition) is 5. The van der Waals surface area contributed by atoms with Crippen LogP contribution in [-0.4, -0.2) is 57.1 Å². The highest BCUT2D eigenvalue weighted by Gasteiger charge is 2.52. The first-order valence-electron chi connectivity index (χ1n) is 10.1. The molecule has 0 aromatic carbocycles. The highest BCUT2D eigenvalue weighted by atomic mass is 16.2. The predicted molar refractivity (Wildman–Crippen MR) is 114 cm³/mol. The van der Waals surface area contributed by atoms with Gasteiger partial charge in [0.15, 0.2) is 0 Å². The monoisotopic (exact) mass is 388 g/mol. The Bertz CT molecular complexity index is 1070. The zero-order valence-electron chi connectivity index (χ0n) is 16.5. The lowest BCUT2D eigenvalue weighted by Gasteiger charge is -2.32. The molecule has 0 bridgehead atoms. The summed E-state index contributed by atoms with van der Waals surface area (Å²) in [7, 11) is 0. The quantitative estimate of drug-likeness (QED) is 0.858. The van der Waals surface area contributed by atoms with Crippen molar-refractivity contribution >= 4 is 29.0 Å². The molecule has 0 unspecified atom stereocenters. The molecule has 0 atom stereocenters. The molecule has 4 heterocycles. The molecule has 2 aromatic rings. The SMILES string of the molecule is CC1=C\C=C\C=C(C(=O)N2CCCN(c3ncnc4[nH]ccc34)CC23CC3)/N=C\1. The Labute approximate surface area is 169 Å². The first-order chi connectivity index (χ1) is 14.2. The second kappa shape index (κ2) is 6.99. The van der Waals surface area contributed by atoms with Crippen LogP contribution in [0.5, 0.6) is 0 Å². The van der Waals surface area contributed by atoms with Gasteiger partial charge in [-0.05, 0) is 43.9 Å². The number of rotatable bonds is 2. The van der Waals surface area contributed by atoms with Crippen molar-refractivity contribution in [2.24, 2.45) is 4.99 Å². The van der Waals surface area contributed by atoms with Gasteiger partial charge in [0.2, 0.25) is 0 Å². The van der Waals surface area contributed by atoms with Gasteiger partial charge < -0.3 is 14.8 Å². The van der Waals surface area contributed by atoms with Gasteiger partial charge in [0.25, 0.3) is 5.91 Å². The van der Waals surface area contributed by atoms with E-state index in [1.165, 1.54) is 0 Å². The second-order valence-corrected chi connectivity index (χ2v) is 8.00. The molecule has 1 amide bonds. The number of anilines is 1. The van der Waals surface area contributed by atoms with E-state index in [2.05, 4.69) is 29.7 Å². The van der Waals surface area contributed by atoms with Crippen LogP contribution < -0.4 is 4.90 Å². The third-order valence-corrected chi connectivity index (χ3v) is 5.92. The van der Waals surface area contributed by atoms with Crippen molar-refractivity contribution in [3.05, 3.63) is 54.2 Å². The van der Waals surface area contributed by atoms with Gasteiger partial charge in [-0.15, -0.1) is 0 Å². The largest absolute Gasteiger partial charge is 0.354 e. The Morgan fingerprint density at radius 1 is 1.17 bits per heavy atom. The Morgan fingerprint density at radius 3 is 2.90 bits per heavy atom. The summed E-state index contributed by atoms with van der Waals surface area (Å²) in [6, 6.07) is 2.02. The summed E-state index contributed by atoms with van der Waals surface area (Å²) < 4.78 is 0. The molecule has 7 nitrogen and oxygen atoms in total. The van der Waals surface area contributed by atoms with E-state index >= 15 is 0 Å². The third kappa shape index (κ3) is 3.26. The fourth-order valence-corrected chi connectivity index (χ4v) is 4.23. The van der Waals surface area contributed by atoms with Crippen molar-refractivity contribution in [3.8, 4) is 0 Å². The minimum absolute atomic E-state index is 0.0226. The number of nitrogens with one attached hydrogen (secondary N) is 1. The van der Waals surface area contributed by atoms with Crippen molar-refractivity contribution in [1.29, 1.82) is 0 Å². The Hall–Kier alpha value is -3.22. The number of aromatic amines is 1. The lowest BCUT2D eigenvalue weighted by Crippen LogP contribution is -2.47. The Morgan fingerprint density at radius 2 is 2.03 bits per heavy atom. The van der Waals surface area contributed by atoms with Crippen LogP contribution in [-0.2, 0) is 4.79 Å². The molecule has 0 radical (unpaired) electrons. The van der Waals surface area contributed by atoms with Gasteiger partial charge in [0, 0.05) is 32.0 Å². The van der Waals surface area contributed by atoms with E-state index in [4.69, 9.17) is 0 Å². The van der Waals surface area contributed by atoms with Crippen molar-refractivity contribution in [1.82, 2.24) is 19.9 Å². The number of allylic oxidation sites excluding steroid dienone is 5. The lowest BCUT2D eigenvalue weighted by molar-refractivity contribution is -0.129. The topological polar surface area (TPSA) is 77.5 Å². The minimum Gasteiger partial charge on any atom is -0.354 e. The second-order valence-electron chi connectivity index (χ2n) is 8.00. The van der Waals surface area contributed by atoms with Gasteiger partial charge in [-0.2, -0.15) is 0 Å². The summed E-state index contributed by atoms with van der Waals surface area (Å²) in [5.74, 6) is 0.970. The predicted octanol–water partition coefficient (Wildman–Crippen LogP) is 3.00. The van der Waals surface area contributed by atoms with E-state index in [9.17, 15) is 4.79 Å². The molecule has 5 rings (SSSR count).